The predicted octanol–water partition coefficient (Wildman–Crippen LogP) is 1.80. The number of aryl methyl sites for hydroxylation is 2. The molecule has 26 heavy (non-hydrogen) atoms. The van der Waals surface area contributed by atoms with Crippen LogP contribution in [0.5, 0.6) is 5.75 Å². The minimum atomic E-state index is -3.05. The molecule has 0 saturated carbocycles. The zero-order valence-electron chi connectivity index (χ0n) is 14.1. The summed E-state index contributed by atoms with van der Waals surface area (Å²) in [5, 5.41) is 2.41. The molecule has 1 heterocycles. The fourth-order valence-corrected chi connectivity index (χ4v) is 2.53. The molecular weight excluding hydrogens is 348 g/mol. The summed E-state index contributed by atoms with van der Waals surface area (Å²) >= 11 is 0. The minimum Gasteiger partial charge on any atom is -0.433 e. The highest BCUT2D eigenvalue weighted by Gasteiger charge is 2.17. The van der Waals surface area contributed by atoms with Crippen LogP contribution in [-0.2, 0) is 11.3 Å². The van der Waals surface area contributed by atoms with Crippen LogP contribution >= 0.6 is 0 Å². The van der Waals surface area contributed by atoms with Crippen molar-refractivity contribution in [1.82, 2.24) is 4.57 Å². The largest absolute Gasteiger partial charge is 0.433 e. The molecule has 9 heteroatoms. The molecule has 138 valence electrons. The summed E-state index contributed by atoms with van der Waals surface area (Å²) < 4.78 is 30.3. The lowest BCUT2D eigenvalue weighted by Crippen LogP contribution is -2.35. The van der Waals surface area contributed by atoms with Crippen LogP contribution in [0.3, 0.4) is 0 Å². The average molecular weight is 365 g/mol. The quantitative estimate of drug-likeness (QED) is 0.815. The first kappa shape index (κ1) is 19.1. The molecule has 2 rings (SSSR count). The van der Waals surface area contributed by atoms with Crippen molar-refractivity contribution in [1.29, 1.82) is 0 Å². The van der Waals surface area contributed by atoms with Gasteiger partial charge in [-0.15, -0.1) is 0 Å². The Balaban J connectivity index is 2.28. The van der Waals surface area contributed by atoms with Gasteiger partial charge in [0.1, 0.15) is 17.9 Å². The second-order valence-corrected chi connectivity index (χ2v) is 5.52. The van der Waals surface area contributed by atoms with Crippen molar-refractivity contribution in [2.45, 2.75) is 27.0 Å². The molecule has 2 aromatic rings. The molecule has 2 amide bonds. The van der Waals surface area contributed by atoms with Crippen LogP contribution in [0, 0.1) is 13.8 Å². The summed E-state index contributed by atoms with van der Waals surface area (Å²) in [4.78, 5) is 36.1. The number of nitrogens with two attached hydrogens (primary N) is 1. The van der Waals surface area contributed by atoms with Crippen molar-refractivity contribution in [3.8, 4) is 5.75 Å². The van der Waals surface area contributed by atoms with Gasteiger partial charge < -0.3 is 20.4 Å². The Hall–Kier alpha value is -3.23. The van der Waals surface area contributed by atoms with E-state index in [1.807, 2.05) is 0 Å². The fourth-order valence-electron chi connectivity index (χ4n) is 2.53. The van der Waals surface area contributed by atoms with Crippen LogP contribution in [0.4, 0.5) is 14.5 Å². The maximum absolute atomic E-state index is 12.4. The van der Waals surface area contributed by atoms with E-state index in [0.717, 1.165) is 4.57 Å². The number of nitrogens with one attached hydrogen (secondary N) is 1. The lowest BCUT2D eigenvalue weighted by Gasteiger charge is -2.15. The molecule has 0 radical (unpaired) electrons. The number of para-hydroxylation sites is 2. The number of rotatable bonds is 6. The van der Waals surface area contributed by atoms with E-state index < -0.39 is 30.5 Å². The molecular formula is C17H17F2N3O4. The van der Waals surface area contributed by atoms with Gasteiger partial charge in [-0.05, 0) is 37.6 Å². The number of amides is 2. The maximum atomic E-state index is 12.4. The molecule has 0 atom stereocenters. The molecule has 7 nitrogen and oxygen atoms in total. The number of hydrogen-bond acceptors (Lipinski definition) is 4. The van der Waals surface area contributed by atoms with Gasteiger partial charge in [-0.1, -0.05) is 12.1 Å². The maximum Gasteiger partial charge on any atom is 0.387 e. The van der Waals surface area contributed by atoms with Gasteiger partial charge in [0.25, 0.3) is 11.5 Å². The molecule has 0 spiro atoms. The van der Waals surface area contributed by atoms with Crippen molar-refractivity contribution in [3.05, 3.63) is 57.5 Å². The summed E-state index contributed by atoms with van der Waals surface area (Å²) in [7, 11) is 0. The number of ether oxygens (including phenoxy) is 1. The molecule has 1 aromatic carbocycles. The molecule has 0 fully saturated rings. The standard InChI is InChI=1S/C17H17F2N3O4/c1-9-7-10(2)22(16(25)14(9)15(20)24)8-13(23)21-11-5-3-4-6-12(11)26-17(18)19/h3-7,17H,8H2,1-2H3,(H2,20,24)(H,21,23). The van der Waals surface area contributed by atoms with Crippen molar-refractivity contribution in [2.75, 3.05) is 5.32 Å². The first-order valence-electron chi connectivity index (χ1n) is 7.55. The van der Waals surface area contributed by atoms with E-state index in [0.29, 0.717) is 11.3 Å². The second kappa shape index (κ2) is 7.77. The number of pyridine rings is 1. The summed E-state index contributed by atoms with van der Waals surface area (Å²) in [5.41, 5.74) is 5.21. The van der Waals surface area contributed by atoms with Crippen LogP contribution in [0.1, 0.15) is 21.6 Å². The Morgan fingerprint density at radius 3 is 2.54 bits per heavy atom. The fraction of sp³-hybridized carbons (Fsp3) is 0.235. The Bertz CT molecular complexity index is 909. The number of carbonyl (C=O) groups excluding carboxylic acids is 2. The summed E-state index contributed by atoms with van der Waals surface area (Å²) in [6.07, 6.45) is 0. The number of halogens is 2. The molecule has 0 bridgehead atoms. The number of anilines is 1. The molecule has 0 unspecified atom stereocenters. The third-order valence-corrected chi connectivity index (χ3v) is 3.63. The lowest BCUT2D eigenvalue weighted by molar-refractivity contribution is -0.116. The van der Waals surface area contributed by atoms with E-state index in [2.05, 4.69) is 10.1 Å². The van der Waals surface area contributed by atoms with Gasteiger partial charge in [0, 0.05) is 5.69 Å². The third-order valence-electron chi connectivity index (χ3n) is 3.63. The predicted molar refractivity (Wildman–Crippen MR) is 90.4 cm³/mol. The van der Waals surface area contributed by atoms with Gasteiger partial charge in [0.05, 0.1) is 5.69 Å². The van der Waals surface area contributed by atoms with E-state index in [1.54, 1.807) is 19.9 Å². The van der Waals surface area contributed by atoms with Crippen molar-refractivity contribution >= 4 is 17.5 Å². The van der Waals surface area contributed by atoms with E-state index in [-0.39, 0.29) is 17.0 Å². The Kier molecular flexibility index (Phi) is 5.71. The number of carbonyl (C=O) groups is 2. The van der Waals surface area contributed by atoms with Gasteiger partial charge in [-0.25, -0.2) is 0 Å². The number of alkyl halides is 2. The SMILES string of the molecule is Cc1cc(C)n(CC(=O)Nc2ccccc2OC(F)F)c(=O)c1C(N)=O. The Labute approximate surface area is 147 Å². The molecule has 3 N–H and O–H groups in total. The number of nitrogens with zero attached hydrogens (tertiary/aromatic N) is 1. The van der Waals surface area contributed by atoms with Gasteiger partial charge in [-0.2, -0.15) is 8.78 Å². The smallest absolute Gasteiger partial charge is 0.387 e. The molecule has 0 saturated heterocycles. The topological polar surface area (TPSA) is 103 Å². The highest BCUT2D eigenvalue weighted by molar-refractivity contribution is 5.94. The molecule has 0 aliphatic heterocycles. The Morgan fingerprint density at radius 1 is 1.27 bits per heavy atom. The van der Waals surface area contributed by atoms with Crippen LogP contribution in [0.2, 0.25) is 0 Å². The van der Waals surface area contributed by atoms with Gasteiger partial charge >= 0.3 is 6.61 Å². The molecule has 1 aromatic heterocycles. The van der Waals surface area contributed by atoms with Crippen LogP contribution in [0.25, 0.3) is 0 Å². The number of primary amides is 1. The van der Waals surface area contributed by atoms with Crippen LogP contribution < -0.4 is 21.3 Å². The monoisotopic (exact) mass is 365 g/mol. The van der Waals surface area contributed by atoms with E-state index in [1.165, 1.54) is 24.3 Å². The Morgan fingerprint density at radius 2 is 1.92 bits per heavy atom. The summed E-state index contributed by atoms with van der Waals surface area (Å²) in [5.74, 6) is -1.75. The van der Waals surface area contributed by atoms with Crippen LogP contribution in [-0.4, -0.2) is 23.0 Å². The lowest BCUT2D eigenvalue weighted by atomic mass is 10.1. The first-order valence-corrected chi connectivity index (χ1v) is 7.55. The van der Waals surface area contributed by atoms with Gasteiger partial charge in [0.2, 0.25) is 5.91 Å². The first-order chi connectivity index (χ1) is 12.2. The normalized spacial score (nSPS) is 10.7. The van der Waals surface area contributed by atoms with Crippen LogP contribution in [0.15, 0.2) is 35.1 Å². The average Bonchev–Trinajstić information content (AvgIpc) is 2.52. The van der Waals surface area contributed by atoms with E-state index in [9.17, 15) is 23.2 Å². The van der Waals surface area contributed by atoms with E-state index in [4.69, 9.17) is 5.73 Å². The third kappa shape index (κ3) is 4.24. The number of benzene rings is 1. The van der Waals surface area contributed by atoms with Gasteiger partial charge in [0.15, 0.2) is 0 Å². The summed E-state index contributed by atoms with van der Waals surface area (Å²) in [6.45, 7) is -0.307. The van der Waals surface area contributed by atoms with E-state index >= 15 is 0 Å². The molecule has 0 aliphatic carbocycles. The minimum absolute atomic E-state index is 0.0331. The highest BCUT2D eigenvalue weighted by atomic mass is 19.3. The van der Waals surface area contributed by atoms with Crippen molar-refractivity contribution in [2.24, 2.45) is 5.73 Å². The number of aromatic nitrogens is 1. The second-order valence-electron chi connectivity index (χ2n) is 5.52. The van der Waals surface area contributed by atoms with Crippen molar-refractivity contribution < 1.29 is 23.1 Å². The van der Waals surface area contributed by atoms with Gasteiger partial charge in [-0.3, -0.25) is 14.4 Å². The molecule has 0 aliphatic rings. The van der Waals surface area contributed by atoms with Crippen molar-refractivity contribution in [3.63, 3.8) is 0 Å². The highest BCUT2D eigenvalue weighted by Crippen LogP contribution is 2.25. The number of hydrogen-bond donors (Lipinski definition) is 2. The zero-order valence-corrected chi connectivity index (χ0v) is 14.1. The zero-order chi connectivity index (χ0) is 19.4. The summed E-state index contributed by atoms with van der Waals surface area (Å²) in [6, 6.07) is 7.22.